The Morgan fingerprint density at radius 3 is 2.37 bits per heavy atom. The van der Waals surface area contributed by atoms with E-state index in [1.165, 1.54) is 0 Å². The van der Waals surface area contributed by atoms with Crippen LogP contribution in [0, 0.1) is 0 Å². The zero-order valence-corrected chi connectivity index (χ0v) is 11.5. The van der Waals surface area contributed by atoms with Gasteiger partial charge in [-0.15, -0.1) is 0 Å². The molecule has 0 N–H and O–H groups in total. The minimum atomic E-state index is -0.00310. The molecule has 2 rings (SSSR count). The maximum absolute atomic E-state index is 11.7. The molecule has 100 valence electrons. The van der Waals surface area contributed by atoms with E-state index in [4.69, 9.17) is 9.47 Å². The lowest BCUT2D eigenvalue weighted by Gasteiger charge is -2.12. The van der Waals surface area contributed by atoms with Crippen molar-refractivity contribution in [2.24, 2.45) is 0 Å². The summed E-state index contributed by atoms with van der Waals surface area (Å²) in [6.45, 7) is 6.54. The van der Waals surface area contributed by atoms with Crippen LogP contribution in [0.5, 0.6) is 11.5 Å². The fourth-order valence-electron chi connectivity index (χ4n) is 2.11. The highest BCUT2D eigenvalue weighted by atomic mass is 16.5. The molecule has 0 spiro atoms. The summed E-state index contributed by atoms with van der Waals surface area (Å²) in [4.78, 5) is 11.7. The van der Waals surface area contributed by atoms with Crippen molar-refractivity contribution in [1.82, 2.24) is 0 Å². The third kappa shape index (κ3) is 2.70. The van der Waals surface area contributed by atoms with Gasteiger partial charge in [-0.25, -0.2) is 0 Å². The van der Waals surface area contributed by atoms with Gasteiger partial charge < -0.3 is 9.47 Å². The van der Waals surface area contributed by atoms with Crippen molar-refractivity contribution in [3.8, 4) is 11.5 Å². The van der Waals surface area contributed by atoms with Crippen LogP contribution in [-0.2, 0) is 0 Å². The van der Waals surface area contributed by atoms with Crippen LogP contribution in [0.2, 0.25) is 0 Å². The van der Waals surface area contributed by atoms with Gasteiger partial charge >= 0.3 is 0 Å². The van der Waals surface area contributed by atoms with Gasteiger partial charge in [-0.2, -0.15) is 0 Å². The lowest BCUT2D eigenvalue weighted by atomic mass is 10.0. The number of Topliss-reactive ketones (excluding diaryl/α,β-unsaturated/α-hetero) is 1. The fraction of sp³-hybridized carbons (Fsp3) is 0.312. The fourth-order valence-corrected chi connectivity index (χ4v) is 2.11. The van der Waals surface area contributed by atoms with Gasteiger partial charge in [0, 0.05) is 5.39 Å². The topological polar surface area (TPSA) is 35.5 Å². The molecule has 0 fully saturated rings. The van der Waals surface area contributed by atoms with Crippen LogP contribution >= 0.6 is 0 Å². The van der Waals surface area contributed by atoms with Crippen molar-refractivity contribution < 1.29 is 14.3 Å². The van der Waals surface area contributed by atoms with Gasteiger partial charge in [0.05, 0.1) is 18.8 Å². The molecule has 2 aromatic rings. The summed E-state index contributed by atoms with van der Waals surface area (Å²) >= 11 is 0. The van der Waals surface area contributed by atoms with E-state index in [-0.39, 0.29) is 5.78 Å². The highest BCUT2D eigenvalue weighted by Gasteiger charge is 2.12. The summed E-state index contributed by atoms with van der Waals surface area (Å²) in [5.41, 5.74) is 0.599. The van der Waals surface area contributed by atoms with E-state index in [2.05, 4.69) is 0 Å². The maximum Gasteiger partial charge on any atom is 0.163 e. The molecule has 0 heterocycles. The van der Waals surface area contributed by atoms with Gasteiger partial charge in [-0.1, -0.05) is 12.1 Å². The Morgan fingerprint density at radius 2 is 1.74 bits per heavy atom. The van der Waals surface area contributed by atoms with Crippen molar-refractivity contribution in [1.29, 1.82) is 0 Å². The first-order valence-corrected chi connectivity index (χ1v) is 6.50. The molecule has 3 heteroatoms. The van der Waals surface area contributed by atoms with Gasteiger partial charge in [0.15, 0.2) is 5.78 Å². The zero-order valence-electron chi connectivity index (χ0n) is 11.5. The lowest BCUT2D eigenvalue weighted by Crippen LogP contribution is -2.01. The minimum absolute atomic E-state index is 0.00310. The zero-order chi connectivity index (χ0) is 13.8. The number of carbonyl (C=O) groups excluding carboxylic acids is 1. The Morgan fingerprint density at radius 1 is 1.05 bits per heavy atom. The first kappa shape index (κ1) is 13.4. The van der Waals surface area contributed by atoms with Crippen LogP contribution in [0.15, 0.2) is 30.3 Å². The number of ketones is 1. The van der Waals surface area contributed by atoms with Crippen molar-refractivity contribution in [2.75, 3.05) is 13.2 Å². The second-order valence-electron chi connectivity index (χ2n) is 4.25. The van der Waals surface area contributed by atoms with E-state index < -0.39 is 0 Å². The van der Waals surface area contributed by atoms with Crippen LogP contribution in [0.25, 0.3) is 10.8 Å². The molecule has 0 atom stereocenters. The second kappa shape index (κ2) is 5.74. The summed E-state index contributed by atoms with van der Waals surface area (Å²) in [7, 11) is 0. The van der Waals surface area contributed by atoms with Crippen LogP contribution < -0.4 is 9.47 Å². The van der Waals surface area contributed by atoms with Crippen LogP contribution in [0.4, 0.5) is 0 Å². The Kier molecular flexibility index (Phi) is 4.05. The molecule has 0 radical (unpaired) electrons. The molecule has 3 nitrogen and oxygen atoms in total. The largest absolute Gasteiger partial charge is 0.493 e. The molecular weight excluding hydrogens is 240 g/mol. The van der Waals surface area contributed by atoms with Gasteiger partial charge in [-0.05, 0) is 44.4 Å². The monoisotopic (exact) mass is 258 g/mol. The molecule has 0 aliphatic carbocycles. The van der Waals surface area contributed by atoms with E-state index in [9.17, 15) is 4.79 Å². The maximum atomic E-state index is 11.7. The Hall–Kier alpha value is -2.03. The van der Waals surface area contributed by atoms with Crippen molar-refractivity contribution in [3.63, 3.8) is 0 Å². The minimum Gasteiger partial charge on any atom is -0.493 e. The van der Waals surface area contributed by atoms with E-state index in [1.807, 2.05) is 44.2 Å². The molecule has 2 aromatic carbocycles. The third-order valence-corrected chi connectivity index (χ3v) is 2.92. The molecule has 0 bridgehead atoms. The van der Waals surface area contributed by atoms with Crippen LogP contribution in [0.3, 0.4) is 0 Å². The highest BCUT2D eigenvalue weighted by molar-refractivity contribution is 6.02. The van der Waals surface area contributed by atoms with Gasteiger partial charge in [0.25, 0.3) is 0 Å². The van der Waals surface area contributed by atoms with E-state index in [0.29, 0.717) is 24.5 Å². The van der Waals surface area contributed by atoms with E-state index in [0.717, 1.165) is 16.5 Å². The number of rotatable bonds is 5. The quantitative estimate of drug-likeness (QED) is 0.764. The standard InChI is InChI=1S/C16H18O3/c1-4-18-15-8-6-7-12-9-16(19-5-2)13(11(3)17)10-14(12)15/h6-10H,4-5H2,1-3H3. The summed E-state index contributed by atoms with van der Waals surface area (Å²) in [6.07, 6.45) is 0. The smallest absolute Gasteiger partial charge is 0.163 e. The summed E-state index contributed by atoms with van der Waals surface area (Å²) in [6, 6.07) is 9.60. The Balaban J connectivity index is 2.66. The number of carbonyl (C=O) groups is 1. The van der Waals surface area contributed by atoms with Crippen LogP contribution in [0.1, 0.15) is 31.1 Å². The summed E-state index contributed by atoms with van der Waals surface area (Å²) in [5, 5.41) is 1.96. The molecule has 0 saturated carbocycles. The van der Waals surface area contributed by atoms with Crippen molar-refractivity contribution >= 4 is 16.6 Å². The normalized spacial score (nSPS) is 10.5. The van der Waals surface area contributed by atoms with Crippen LogP contribution in [-0.4, -0.2) is 19.0 Å². The molecule has 19 heavy (non-hydrogen) atoms. The van der Waals surface area contributed by atoms with Gasteiger partial charge in [0.2, 0.25) is 0 Å². The van der Waals surface area contributed by atoms with Crippen molar-refractivity contribution in [3.05, 3.63) is 35.9 Å². The Labute approximate surface area is 113 Å². The van der Waals surface area contributed by atoms with Gasteiger partial charge in [-0.3, -0.25) is 4.79 Å². The van der Waals surface area contributed by atoms with E-state index >= 15 is 0 Å². The first-order valence-electron chi connectivity index (χ1n) is 6.50. The molecule has 0 aliphatic rings. The molecule has 0 aromatic heterocycles. The number of hydrogen-bond acceptors (Lipinski definition) is 3. The molecule has 0 saturated heterocycles. The SMILES string of the molecule is CCOc1cc2cccc(OCC)c2cc1C(C)=O. The predicted octanol–water partition coefficient (Wildman–Crippen LogP) is 3.84. The summed E-state index contributed by atoms with van der Waals surface area (Å²) < 4.78 is 11.1. The first-order chi connectivity index (χ1) is 9.17. The molecule has 0 aliphatic heterocycles. The second-order valence-corrected chi connectivity index (χ2v) is 4.25. The molecule has 0 unspecified atom stereocenters. The molecular formula is C16H18O3. The molecule has 0 amide bonds. The van der Waals surface area contributed by atoms with Gasteiger partial charge in [0.1, 0.15) is 11.5 Å². The number of ether oxygens (including phenoxy) is 2. The highest BCUT2D eigenvalue weighted by Crippen LogP contribution is 2.32. The average Bonchev–Trinajstić information content (AvgIpc) is 2.39. The number of hydrogen-bond donors (Lipinski definition) is 0. The number of fused-ring (bicyclic) bond motifs is 1. The average molecular weight is 258 g/mol. The Bertz CT molecular complexity index is 602. The lowest BCUT2D eigenvalue weighted by molar-refractivity contribution is 0.101. The third-order valence-electron chi connectivity index (χ3n) is 2.92. The number of benzene rings is 2. The predicted molar refractivity (Wildman–Crippen MR) is 76.3 cm³/mol. The van der Waals surface area contributed by atoms with Crippen molar-refractivity contribution in [2.45, 2.75) is 20.8 Å². The summed E-state index contributed by atoms with van der Waals surface area (Å²) in [5.74, 6) is 1.43. The van der Waals surface area contributed by atoms with E-state index in [1.54, 1.807) is 6.92 Å².